The smallest absolute Gasteiger partial charge is 0.311 e. The van der Waals surface area contributed by atoms with Crippen molar-refractivity contribution < 1.29 is 10.0 Å². The average Bonchev–Trinajstić information content (AvgIpc) is 2.42. The van der Waals surface area contributed by atoms with Crippen LogP contribution >= 0.6 is 11.6 Å². The fourth-order valence-electron chi connectivity index (χ4n) is 1.47. The lowest BCUT2D eigenvalue weighted by molar-refractivity contribution is -0.385. The molecule has 0 aromatic heterocycles. The van der Waals surface area contributed by atoms with Gasteiger partial charge in [0.1, 0.15) is 0 Å². The monoisotopic (exact) mass is 291 g/mol. The van der Waals surface area contributed by atoms with Gasteiger partial charge in [0, 0.05) is 16.7 Å². The molecule has 2 N–H and O–H groups in total. The predicted octanol–water partition coefficient (Wildman–Crippen LogP) is 3.40. The molecule has 0 aliphatic rings. The first-order valence-corrected chi connectivity index (χ1v) is 5.96. The lowest BCUT2D eigenvalue weighted by Crippen LogP contribution is -1.93. The molecule has 0 atom stereocenters. The number of rotatable bonds is 4. The summed E-state index contributed by atoms with van der Waals surface area (Å²) in [6.45, 7) is 0. The van der Waals surface area contributed by atoms with Gasteiger partial charge >= 0.3 is 5.69 Å². The Morgan fingerprint density at radius 3 is 2.60 bits per heavy atom. The van der Waals surface area contributed by atoms with Gasteiger partial charge in [-0.05, 0) is 36.4 Å². The normalized spacial score (nSPS) is 10.7. The van der Waals surface area contributed by atoms with Gasteiger partial charge in [0.2, 0.25) is 0 Å². The van der Waals surface area contributed by atoms with Crippen LogP contribution in [0.5, 0.6) is 5.75 Å². The van der Waals surface area contributed by atoms with E-state index in [-0.39, 0.29) is 11.4 Å². The minimum absolute atomic E-state index is 0.361. The fraction of sp³-hybridized carbons (Fsp3) is 0. The zero-order chi connectivity index (χ0) is 14.5. The highest BCUT2D eigenvalue weighted by molar-refractivity contribution is 6.30. The SMILES string of the molecule is O=[N+]([O-])c1cc(/C=N/Nc2ccc(Cl)cc2)ccc1O. The maximum atomic E-state index is 10.7. The lowest BCUT2D eigenvalue weighted by Gasteiger charge is -2.00. The number of hydrogen-bond acceptors (Lipinski definition) is 5. The third-order valence-corrected chi connectivity index (χ3v) is 2.70. The van der Waals surface area contributed by atoms with Crippen molar-refractivity contribution in [2.24, 2.45) is 5.10 Å². The van der Waals surface area contributed by atoms with E-state index in [0.717, 1.165) is 5.69 Å². The molecule has 0 unspecified atom stereocenters. The molecule has 0 saturated carbocycles. The van der Waals surface area contributed by atoms with Crippen molar-refractivity contribution in [3.05, 3.63) is 63.2 Å². The van der Waals surface area contributed by atoms with E-state index in [1.165, 1.54) is 24.4 Å². The Hall–Kier alpha value is -2.60. The van der Waals surface area contributed by atoms with Gasteiger partial charge in [-0.3, -0.25) is 15.5 Å². The summed E-state index contributed by atoms with van der Waals surface area (Å²) in [4.78, 5) is 10.0. The first-order valence-electron chi connectivity index (χ1n) is 5.58. The average molecular weight is 292 g/mol. The molecule has 6 nitrogen and oxygen atoms in total. The molecule has 0 amide bonds. The largest absolute Gasteiger partial charge is 0.502 e. The summed E-state index contributed by atoms with van der Waals surface area (Å²) in [7, 11) is 0. The minimum atomic E-state index is -0.653. The minimum Gasteiger partial charge on any atom is -0.502 e. The van der Waals surface area contributed by atoms with Crippen LogP contribution in [0.4, 0.5) is 11.4 Å². The second-order valence-corrected chi connectivity index (χ2v) is 4.32. The van der Waals surface area contributed by atoms with Gasteiger partial charge in [-0.2, -0.15) is 5.10 Å². The number of benzene rings is 2. The highest BCUT2D eigenvalue weighted by atomic mass is 35.5. The standard InChI is InChI=1S/C13H10ClN3O3/c14-10-2-4-11(5-3-10)16-15-8-9-1-6-13(18)12(7-9)17(19)20/h1-8,16,18H/b15-8+. The van der Waals surface area contributed by atoms with E-state index in [1.54, 1.807) is 24.3 Å². The van der Waals surface area contributed by atoms with Gasteiger partial charge in [-0.15, -0.1) is 0 Å². The van der Waals surface area contributed by atoms with Crippen LogP contribution < -0.4 is 5.43 Å². The van der Waals surface area contributed by atoms with Crippen LogP contribution in [0.25, 0.3) is 0 Å². The number of phenols is 1. The van der Waals surface area contributed by atoms with E-state index in [2.05, 4.69) is 10.5 Å². The molecule has 102 valence electrons. The van der Waals surface area contributed by atoms with Crippen LogP contribution in [0, 0.1) is 10.1 Å². The highest BCUT2D eigenvalue weighted by Crippen LogP contribution is 2.25. The summed E-state index contributed by atoms with van der Waals surface area (Å²) in [5.74, 6) is -0.377. The Bertz CT molecular complexity index is 656. The molecule has 0 saturated heterocycles. The van der Waals surface area contributed by atoms with Crippen molar-refractivity contribution in [1.82, 2.24) is 0 Å². The number of halogens is 1. The fourth-order valence-corrected chi connectivity index (χ4v) is 1.60. The molecule has 0 aliphatic carbocycles. The summed E-state index contributed by atoms with van der Waals surface area (Å²) in [6, 6.07) is 10.9. The third-order valence-electron chi connectivity index (χ3n) is 2.45. The summed E-state index contributed by atoms with van der Waals surface area (Å²) in [5, 5.41) is 24.6. The van der Waals surface area contributed by atoms with E-state index >= 15 is 0 Å². The maximum Gasteiger partial charge on any atom is 0.311 e. The van der Waals surface area contributed by atoms with Crippen molar-refractivity contribution in [1.29, 1.82) is 0 Å². The van der Waals surface area contributed by atoms with Crippen LogP contribution in [0.15, 0.2) is 47.6 Å². The molecule has 2 rings (SSSR count). The Balaban J connectivity index is 2.10. The number of nitrogens with one attached hydrogen (secondary N) is 1. The second kappa shape index (κ2) is 6.03. The number of nitro groups is 1. The molecule has 20 heavy (non-hydrogen) atoms. The molecule has 0 aliphatic heterocycles. The molecular weight excluding hydrogens is 282 g/mol. The molecule has 0 radical (unpaired) electrons. The molecule has 7 heteroatoms. The van der Waals surface area contributed by atoms with E-state index in [1.807, 2.05) is 0 Å². The van der Waals surface area contributed by atoms with Gasteiger partial charge in [-0.1, -0.05) is 11.6 Å². The van der Waals surface area contributed by atoms with Crippen LogP contribution in [0.3, 0.4) is 0 Å². The van der Waals surface area contributed by atoms with Crippen LogP contribution in [0.1, 0.15) is 5.56 Å². The molecule has 0 spiro atoms. The van der Waals surface area contributed by atoms with E-state index in [9.17, 15) is 15.2 Å². The van der Waals surface area contributed by atoms with Gasteiger partial charge in [0.25, 0.3) is 0 Å². The highest BCUT2D eigenvalue weighted by Gasteiger charge is 2.12. The zero-order valence-electron chi connectivity index (χ0n) is 10.2. The number of phenolic OH excluding ortho intramolecular Hbond substituents is 1. The van der Waals surface area contributed by atoms with E-state index in [0.29, 0.717) is 10.6 Å². The van der Waals surface area contributed by atoms with Gasteiger partial charge < -0.3 is 5.11 Å². The van der Waals surface area contributed by atoms with Gasteiger partial charge in [0.05, 0.1) is 16.8 Å². The van der Waals surface area contributed by atoms with Crippen LogP contribution in [-0.2, 0) is 0 Å². The molecular formula is C13H10ClN3O3. The van der Waals surface area contributed by atoms with E-state index < -0.39 is 4.92 Å². The topological polar surface area (TPSA) is 87.8 Å². The number of aromatic hydroxyl groups is 1. The van der Waals surface area contributed by atoms with E-state index in [4.69, 9.17) is 11.6 Å². The number of nitrogens with zero attached hydrogens (tertiary/aromatic N) is 2. The number of anilines is 1. The van der Waals surface area contributed by atoms with Gasteiger partial charge in [-0.25, -0.2) is 0 Å². The maximum absolute atomic E-state index is 10.7. The Morgan fingerprint density at radius 2 is 1.95 bits per heavy atom. The summed E-state index contributed by atoms with van der Waals surface area (Å²) in [6.07, 6.45) is 1.42. The van der Waals surface area contributed by atoms with Gasteiger partial charge in [0.15, 0.2) is 5.75 Å². The molecule has 2 aromatic carbocycles. The lowest BCUT2D eigenvalue weighted by atomic mass is 10.2. The molecule has 0 heterocycles. The summed E-state index contributed by atoms with van der Waals surface area (Å²) >= 11 is 5.75. The van der Waals surface area contributed by atoms with Crippen LogP contribution in [0.2, 0.25) is 5.02 Å². The van der Waals surface area contributed by atoms with Crippen molar-refractivity contribution in [2.45, 2.75) is 0 Å². The quantitative estimate of drug-likeness (QED) is 0.513. The predicted molar refractivity (Wildman–Crippen MR) is 77.4 cm³/mol. The first kappa shape index (κ1) is 13.8. The van der Waals surface area contributed by atoms with Crippen LogP contribution in [-0.4, -0.2) is 16.2 Å². The van der Waals surface area contributed by atoms with Crippen molar-refractivity contribution in [3.63, 3.8) is 0 Å². The first-order chi connectivity index (χ1) is 9.56. The van der Waals surface area contributed by atoms with Crippen molar-refractivity contribution >= 4 is 29.2 Å². The third kappa shape index (κ3) is 3.46. The van der Waals surface area contributed by atoms with Crippen molar-refractivity contribution in [2.75, 3.05) is 5.43 Å². The Labute approximate surface area is 119 Å². The summed E-state index contributed by atoms with van der Waals surface area (Å²) in [5.41, 5.74) is 3.63. The summed E-state index contributed by atoms with van der Waals surface area (Å²) < 4.78 is 0. The molecule has 0 bridgehead atoms. The Morgan fingerprint density at radius 1 is 1.25 bits per heavy atom. The molecule has 0 fully saturated rings. The number of hydrazone groups is 1. The Kier molecular flexibility index (Phi) is 4.17. The second-order valence-electron chi connectivity index (χ2n) is 3.88. The zero-order valence-corrected chi connectivity index (χ0v) is 10.9. The molecule has 2 aromatic rings. The number of hydrogen-bond donors (Lipinski definition) is 2. The van der Waals surface area contributed by atoms with Crippen molar-refractivity contribution in [3.8, 4) is 5.75 Å². The number of nitro benzene ring substituents is 1.